The van der Waals surface area contributed by atoms with Gasteiger partial charge in [0.1, 0.15) is 5.70 Å². The number of nitrogens with one attached hydrogen (secondary N) is 2. The van der Waals surface area contributed by atoms with Crippen LogP contribution in [0.3, 0.4) is 0 Å². The molecule has 9 nitrogen and oxygen atoms in total. The maximum atomic E-state index is 13.0. The Kier molecular flexibility index (Phi) is 9.12. The van der Waals surface area contributed by atoms with E-state index in [2.05, 4.69) is 15.8 Å². The van der Waals surface area contributed by atoms with Gasteiger partial charge in [-0.25, -0.2) is 5.43 Å². The van der Waals surface area contributed by atoms with Crippen molar-refractivity contribution in [1.82, 2.24) is 10.7 Å². The van der Waals surface area contributed by atoms with Crippen molar-refractivity contribution < 1.29 is 24.2 Å². The Morgan fingerprint density at radius 3 is 2.16 bits per heavy atom. The number of aromatic hydroxyl groups is 1. The van der Waals surface area contributed by atoms with E-state index in [0.717, 1.165) is 5.69 Å². The molecule has 0 heterocycles. The van der Waals surface area contributed by atoms with Gasteiger partial charge in [-0.15, -0.1) is 0 Å². The molecule has 0 spiro atoms. The van der Waals surface area contributed by atoms with E-state index in [1.165, 1.54) is 38.6 Å². The molecule has 3 aromatic carbocycles. The van der Waals surface area contributed by atoms with E-state index >= 15 is 0 Å². The van der Waals surface area contributed by atoms with Crippen molar-refractivity contribution in [3.63, 3.8) is 0 Å². The summed E-state index contributed by atoms with van der Waals surface area (Å²) in [6.07, 6.45) is 2.88. The van der Waals surface area contributed by atoms with Crippen molar-refractivity contribution in [3.8, 4) is 17.2 Å². The lowest BCUT2D eigenvalue weighted by Crippen LogP contribution is -2.33. The number of amides is 2. The molecule has 2 amide bonds. The number of benzene rings is 3. The number of ether oxygens (including phenoxy) is 2. The highest BCUT2D eigenvalue weighted by Gasteiger charge is 2.17. The summed E-state index contributed by atoms with van der Waals surface area (Å²) >= 11 is 6.15. The number of hydrogen-bond acceptors (Lipinski definition) is 7. The smallest absolute Gasteiger partial charge is 0.287 e. The van der Waals surface area contributed by atoms with E-state index in [-0.39, 0.29) is 33.5 Å². The van der Waals surface area contributed by atoms with Crippen molar-refractivity contribution in [3.05, 3.63) is 88.1 Å². The zero-order valence-electron chi connectivity index (χ0n) is 20.8. The van der Waals surface area contributed by atoms with Crippen LogP contribution in [0.1, 0.15) is 21.5 Å². The Morgan fingerprint density at radius 2 is 1.59 bits per heavy atom. The zero-order valence-corrected chi connectivity index (χ0v) is 21.5. The van der Waals surface area contributed by atoms with Gasteiger partial charge in [0.15, 0.2) is 11.5 Å². The fourth-order valence-corrected chi connectivity index (χ4v) is 3.46. The summed E-state index contributed by atoms with van der Waals surface area (Å²) in [5, 5.41) is 16.9. The Bertz CT molecular complexity index is 1310. The highest BCUT2D eigenvalue weighted by Crippen LogP contribution is 2.36. The molecule has 10 heteroatoms. The molecule has 0 aromatic heterocycles. The molecule has 0 atom stereocenters. The van der Waals surface area contributed by atoms with E-state index in [9.17, 15) is 14.7 Å². The Labute approximate surface area is 220 Å². The maximum absolute atomic E-state index is 13.0. The van der Waals surface area contributed by atoms with Crippen molar-refractivity contribution in [2.24, 2.45) is 5.10 Å². The Hall–Kier alpha value is -4.50. The third-order valence-electron chi connectivity index (χ3n) is 5.21. The lowest BCUT2D eigenvalue weighted by molar-refractivity contribution is -0.117. The number of phenols is 1. The average molecular weight is 523 g/mol. The number of carbonyl (C=O) groups excluding carboxylic acids is 2. The van der Waals surface area contributed by atoms with Crippen LogP contribution in [0.25, 0.3) is 6.08 Å². The molecule has 0 aliphatic heterocycles. The summed E-state index contributed by atoms with van der Waals surface area (Å²) in [4.78, 5) is 27.8. The molecule has 37 heavy (non-hydrogen) atoms. The minimum Gasteiger partial charge on any atom is -0.502 e. The number of hydrazone groups is 1. The Morgan fingerprint density at radius 1 is 0.973 bits per heavy atom. The van der Waals surface area contributed by atoms with Crippen LogP contribution in [-0.2, 0) is 4.79 Å². The fraction of sp³-hybridized carbons (Fsp3) is 0.148. The molecular weight excluding hydrogens is 496 g/mol. The molecule has 0 aliphatic rings. The van der Waals surface area contributed by atoms with E-state index in [1.807, 2.05) is 43.3 Å². The summed E-state index contributed by atoms with van der Waals surface area (Å²) in [7, 11) is 6.65. The first-order valence-electron chi connectivity index (χ1n) is 11.1. The van der Waals surface area contributed by atoms with Crippen LogP contribution < -0.4 is 25.1 Å². The van der Waals surface area contributed by atoms with Crippen LogP contribution >= 0.6 is 11.6 Å². The number of nitrogens with zero attached hydrogens (tertiary/aromatic N) is 2. The van der Waals surface area contributed by atoms with Crippen molar-refractivity contribution in [1.29, 1.82) is 0 Å². The van der Waals surface area contributed by atoms with Gasteiger partial charge in [-0.2, -0.15) is 5.10 Å². The second-order valence-electron chi connectivity index (χ2n) is 7.95. The van der Waals surface area contributed by atoms with Gasteiger partial charge in [0, 0.05) is 25.3 Å². The van der Waals surface area contributed by atoms with Gasteiger partial charge in [-0.1, -0.05) is 35.9 Å². The van der Waals surface area contributed by atoms with Gasteiger partial charge in [0.05, 0.1) is 31.0 Å². The van der Waals surface area contributed by atoms with Gasteiger partial charge in [0.25, 0.3) is 11.8 Å². The van der Waals surface area contributed by atoms with Crippen LogP contribution in [0.15, 0.2) is 71.5 Å². The zero-order chi connectivity index (χ0) is 26.9. The number of halogens is 1. The summed E-state index contributed by atoms with van der Waals surface area (Å²) in [6.45, 7) is 0. The number of hydrogen-bond donors (Lipinski definition) is 3. The maximum Gasteiger partial charge on any atom is 0.287 e. The van der Waals surface area contributed by atoms with Crippen molar-refractivity contribution >= 4 is 41.4 Å². The highest BCUT2D eigenvalue weighted by molar-refractivity contribution is 6.34. The first-order valence-corrected chi connectivity index (χ1v) is 11.4. The van der Waals surface area contributed by atoms with Gasteiger partial charge in [0.2, 0.25) is 5.75 Å². The molecule has 3 rings (SSSR count). The Balaban J connectivity index is 1.87. The number of phenolic OH excluding ortho intramolecular Hbond substituents is 1. The minimum absolute atomic E-state index is 0.0412. The van der Waals surface area contributed by atoms with Gasteiger partial charge < -0.3 is 24.8 Å². The summed E-state index contributed by atoms with van der Waals surface area (Å²) < 4.78 is 10.3. The SMILES string of the molecule is COc1cc(/C=N\NC(=O)/C(=C\c2ccc(N(C)C)cc2)NC(=O)c2ccccc2Cl)cc(OC)c1O. The molecule has 192 valence electrons. The molecule has 0 aliphatic carbocycles. The van der Waals surface area contributed by atoms with Crippen LogP contribution in [0.4, 0.5) is 5.69 Å². The first kappa shape index (κ1) is 27.1. The van der Waals surface area contributed by atoms with Crippen LogP contribution in [0.2, 0.25) is 5.02 Å². The fourth-order valence-electron chi connectivity index (χ4n) is 3.24. The summed E-state index contributed by atoms with van der Waals surface area (Å²) in [5.74, 6) is -0.999. The van der Waals surface area contributed by atoms with Gasteiger partial charge in [-0.3, -0.25) is 9.59 Å². The van der Waals surface area contributed by atoms with Gasteiger partial charge in [-0.05, 0) is 48.0 Å². The molecule has 0 unspecified atom stereocenters. The molecule has 0 saturated carbocycles. The lowest BCUT2D eigenvalue weighted by Gasteiger charge is -2.13. The quantitative estimate of drug-likeness (QED) is 0.222. The monoisotopic (exact) mass is 522 g/mol. The van der Waals surface area contributed by atoms with Crippen LogP contribution in [0.5, 0.6) is 17.2 Å². The molecule has 3 N–H and O–H groups in total. The van der Waals surface area contributed by atoms with E-state index in [1.54, 1.807) is 24.3 Å². The molecule has 0 bridgehead atoms. The van der Waals surface area contributed by atoms with Crippen molar-refractivity contribution in [2.45, 2.75) is 0 Å². The summed E-state index contributed by atoms with van der Waals surface area (Å²) in [5.41, 5.74) is 4.75. The first-order chi connectivity index (χ1) is 17.7. The number of methoxy groups -OCH3 is 2. The van der Waals surface area contributed by atoms with Crippen LogP contribution in [0, 0.1) is 0 Å². The highest BCUT2D eigenvalue weighted by atomic mass is 35.5. The molecule has 0 saturated heterocycles. The number of rotatable bonds is 9. The second-order valence-corrected chi connectivity index (χ2v) is 8.36. The third kappa shape index (κ3) is 7.02. The largest absolute Gasteiger partial charge is 0.502 e. The van der Waals surface area contributed by atoms with Crippen LogP contribution in [-0.4, -0.2) is 51.5 Å². The van der Waals surface area contributed by atoms with E-state index in [0.29, 0.717) is 11.1 Å². The minimum atomic E-state index is -0.661. The normalized spacial score (nSPS) is 11.2. The van der Waals surface area contributed by atoms with Crippen molar-refractivity contribution in [2.75, 3.05) is 33.2 Å². The molecule has 3 aromatic rings. The standard InChI is InChI=1S/C27H27ClN4O5/c1-32(2)19-11-9-17(10-12-19)13-22(30-26(34)20-7-5-6-8-21(20)28)27(35)31-29-16-18-14-23(36-3)25(33)24(15-18)37-4/h5-16,33H,1-4H3,(H,30,34)(H,31,35)/b22-13+,29-16-. The topological polar surface area (TPSA) is 112 Å². The molecular formula is C27H27ClN4O5. The predicted octanol–water partition coefficient (Wildman–Crippen LogP) is 4.05. The average Bonchev–Trinajstić information content (AvgIpc) is 2.89. The number of anilines is 1. The van der Waals surface area contributed by atoms with Gasteiger partial charge >= 0.3 is 0 Å². The third-order valence-corrected chi connectivity index (χ3v) is 5.54. The predicted molar refractivity (Wildman–Crippen MR) is 145 cm³/mol. The molecule has 0 fully saturated rings. The van der Waals surface area contributed by atoms with E-state index < -0.39 is 11.8 Å². The van der Waals surface area contributed by atoms with E-state index in [4.69, 9.17) is 21.1 Å². The summed E-state index contributed by atoms with van der Waals surface area (Å²) in [6, 6.07) is 17.0. The number of carbonyl (C=O) groups is 2. The molecule has 0 radical (unpaired) electrons. The second kappa shape index (κ2) is 12.5. The lowest BCUT2D eigenvalue weighted by atomic mass is 10.1.